The highest BCUT2D eigenvalue weighted by Gasteiger charge is 2.49. The van der Waals surface area contributed by atoms with Crippen LogP contribution in [0.1, 0.15) is 60.8 Å². The molecule has 216 valence electrons. The number of alkyl halides is 2. The molecule has 4 aromatic carbocycles. The van der Waals surface area contributed by atoms with E-state index in [2.05, 4.69) is 31.9 Å². The molecule has 0 atom stereocenters. The molecule has 0 aliphatic heterocycles. The molecule has 0 spiro atoms. The molecule has 0 saturated heterocycles. The molecule has 0 unspecified atom stereocenters. The fourth-order valence-corrected chi connectivity index (χ4v) is 7.63. The van der Waals surface area contributed by atoms with Crippen molar-refractivity contribution in [2.75, 3.05) is 10.7 Å². The number of unbranched alkanes of at least 4 members (excludes halogenated alkanes) is 2. The van der Waals surface area contributed by atoms with Crippen LogP contribution in [-0.2, 0) is 20.4 Å². The zero-order valence-electron chi connectivity index (χ0n) is 23.4. The lowest BCUT2D eigenvalue weighted by Crippen LogP contribution is -2.35. The number of halogens is 2. The second kappa shape index (κ2) is 13.0. The van der Waals surface area contributed by atoms with Gasteiger partial charge >= 0.3 is 11.9 Å². The topological polar surface area (TPSA) is 74.6 Å². The van der Waals surface area contributed by atoms with Gasteiger partial charge in [0.15, 0.2) is 0 Å². The third kappa shape index (κ3) is 5.03. The molecule has 0 bridgehead atoms. The van der Waals surface area contributed by atoms with Crippen molar-refractivity contribution in [1.29, 1.82) is 0 Å². The summed E-state index contributed by atoms with van der Waals surface area (Å²) in [6.45, 7) is 0. The van der Waals surface area contributed by atoms with Gasteiger partial charge in [-0.05, 0) is 70.2 Å². The third-order valence-corrected chi connectivity index (χ3v) is 9.85. The van der Waals surface area contributed by atoms with Crippen molar-refractivity contribution in [3.8, 4) is 22.3 Å². The first kappa shape index (κ1) is 30.2. The number of carboxylic acids is 2. The van der Waals surface area contributed by atoms with E-state index >= 15 is 0 Å². The van der Waals surface area contributed by atoms with Crippen LogP contribution in [0.5, 0.6) is 0 Å². The molecule has 4 aromatic rings. The molecular formula is C36H34Br2O4. The molecule has 0 saturated carbocycles. The predicted molar refractivity (Wildman–Crippen MR) is 176 cm³/mol. The van der Waals surface area contributed by atoms with E-state index in [-0.39, 0.29) is 0 Å². The Kier molecular flexibility index (Phi) is 9.34. The van der Waals surface area contributed by atoms with Gasteiger partial charge < -0.3 is 10.2 Å². The van der Waals surface area contributed by atoms with Crippen molar-refractivity contribution in [1.82, 2.24) is 0 Å². The molecule has 0 heterocycles. The standard InChI is InChI=1S/2C18H17BrO2/c2*19-12-6-5-11-18(17(20)21)15-9-3-1-7-13(15)14-8-2-4-10-16(14)18/h2*1-4,7-10H,5-6,11-12H2,(H,20,21). The Hall–Kier alpha value is -3.22. The average Bonchev–Trinajstić information content (AvgIpc) is 3.47. The van der Waals surface area contributed by atoms with E-state index in [1.807, 2.05) is 97.1 Å². The molecular weight excluding hydrogens is 656 g/mol. The van der Waals surface area contributed by atoms with Crippen molar-refractivity contribution in [3.05, 3.63) is 119 Å². The zero-order chi connectivity index (χ0) is 29.7. The molecule has 4 nitrogen and oxygen atoms in total. The molecule has 42 heavy (non-hydrogen) atoms. The first-order chi connectivity index (χ1) is 20.4. The maximum Gasteiger partial charge on any atom is 0.318 e. The third-order valence-electron chi connectivity index (χ3n) is 8.73. The maximum absolute atomic E-state index is 12.2. The van der Waals surface area contributed by atoms with Gasteiger partial charge in [-0.25, -0.2) is 0 Å². The summed E-state index contributed by atoms with van der Waals surface area (Å²) in [6.07, 6.45) is 5.03. The molecule has 0 fully saturated rings. The van der Waals surface area contributed by atoms with Crippen LogP contribution in [0.4, 0.5) is 0 Å². The van der Waals surface area contributed by atoms with Gasteiger partial charge in [-0.1, -0.05) is 142 Å². The van der Waals surface area contributed by atoms with Gasteiger partial charge in [0.1, 0.15) is 10.8 Å². The number of aliphatic carboxylic acids is 2. The highest BCUT2D eigenvalue weighted by Crippen LogP contribution is 2.52. The minimum atomic E-state index is -0.893. The number of hydrogen-bond donors (Lipinski definition) is 2. The van der Waals surface area contributed by atoms with E-state index in [1.165, 1.54) is 0 Å². The summed E-state index contributed by atoms with van der Waals surface area (Å²) in [6, 6.07) is 31.7. The number of hydrogen-bond acceptors (Lipinski definition) is 2. The summed E-state index contributed by atoms with van der Waals surface area (Å²) in [5.74, 6) is -1.48. The molecule has 0 amide bonds. The van der Waals surface area contributed by atoms with E-state index in [4.69, 9.17) is 0 Å². The average molecular weight is 690 g/mol. The van der Waals surface area contributed by atoms with Crippen molar-refractivity contribution < 1.29 is 19.8 Å². The maximum atomic E-state index is 12.2. The molecule has 6 heteroatoms. The van der Waals surface area contributed by atoms with Gasteiger partial charge in [0.2, 0.25) is 0 Å². The lowest BCUT2D eigenvalue weighted by molar-refractivity contribution is -0.143. The first-order valence-corrected chi connectivity index (χ1v) is 16.6. The lowest BCUT2D eigenvalue weighted by Gasteiger charge is -2.27. The Bertz CT molecular complexity index is 1380. The van der Waals surface area contributed by atoms with E-state index in [9.17, 15) is 19.8 Å². The lowest BCUT2D eigenvalue weighted by atomic mass is 9.74. The fourth-order valence-electron chi connectivity index (χ4n) is 6.83. The SMILES string of the molecule is O=C(O)C1(CCCCBr)c2ccccc2-c2ccccc21.O=C(O)C1(CCCCBr)c2ccccc2-c2ccccc21. The summed E-state index contributed by atoms with van der Waals surface area (Å²) in [4.78, 5) is 24.5. The Morgan fingerprint density at radius 2 is 0.738 bits per heavy atom. The van der Waals surface area contributed by atoms with Crippen LogP contribution in [0.15, 0.2) is 97.1 Å². The highest BCUT2D eigenvalue weighted by molar-refractivity contribution is 9.09. The first-order valence-electron chi connectivity index (χ1n) is 14.4. The minimum Gasteiger partial charge on any atom is -0.480 e. The van der Waals surface area contributed by atoms with Gasteiger partial charge in [-0.15, -0.1) is 0 Å². The summed E-state index contributed by atoms with van der Waals surface area (Å²) in [5.41, 5.74) is 6.22. The minimum absolute atomic E-state index is 0.641. The molecule has 6 rings (SSSR count). The Morgan fingerprint density at radius 3 is 0.976 bits per heavy atom. The van der Waals surface area contributed by atoms with Crippen molar-refractivity contribution in [2.45, 2.75) is 49.4 Å². The number of fused-ring (bicyclic) bond motifs is 6. The number of benzene rings is 4. The zero-order valence-corrected chi connectivity index (χ0v) is 26.5. The van der Waals surface area contributed by atoms with Crippen LogP contribution >= 0.6 is 31.9 Å². The molecule has 0 radical (unpaired) electrons. The Labute approximate surface area is 264 Å². The van der Waals surface area contributed by atoms with Crippen molar-refractivity contribution >= 4 is 43.8 Å². The molecule has 0 aromatic heterocycles. The van der Waals surface area contributed by atoms with Gasteiger partial charge in [0, 0.05) is 10.7 Å². The number of carboxylic acid groups (broad SMARTS) is 2. The second-order valence-corrected chi connectivity index (χ2v) is 12.5. The van der Waals surface area contributed by atoms with Crippen molar-refractivity contribution in [2.24, 2.45) is 0 Å². The predicted octanol–water partition coefficient (Wildman–Crippen LogP) is 9.21. The summed E-state index contributed by atoms with van der Waals surface area (Å²) in [7, 11) is 0. The summed E-state index contributed by atoms with van der Waals surface area (Å²) >= 11 is 6.86. The second-order valence-electron chi connectivity index (χ2n) is 10.9. The fraction of sp³-hybridized carbons (Fsp3) is 0.278. The molecule has 2 N–H and O–H groups in total. The van der Waals surface area contributed by atoms with Gasteiger partial charge in [-0.3, -0.25) is 9.59 Å². The molecule has 2 aliphatic rings. The van der Waals surface area contributed by atoms with E-state index in [1.54, 1.807) is 0 Å². The summed E-state index contributed by atoms with van der Waals surface area (Å²) in [5, 5.41) is 21.9. The van der Waals surface area contributed by atoms with Gasteiger partial charge in [0.25, 0.3) is 0 Å². The van der Waals surface area contributed by atoms with Crippen LogP contribution in [0.2, 0.25) is 0 Å². The normalized spacial score (nSPS) is 14.5. The summed E-state index contributed by atoms with van der Waals surface area (Å²) < 4.78 is 0. The monoisotopic (exact) mass is 688 g/mol. The van der Waals surface area contributed by atoms with Gasteiger partial charge in [0.05, 0.1) is 0 Å². The van der Waals surface area contributed by atoms with Crippen LogP contribution in [0.25, 0.3) is 22.3 Å². The van der Waals surface area contributed by atoms with Crippen molar-refractivity contribution in [3.63, 3.8) is 0 Å². The van der Waals surface area contributed by atoms with E-state index < -0.39 is 22.8 Å². The largest absolute Gasteiger partial charge is 0.480 e. The van der Waals surface area contributed by atoms with Crippen LogP contribution in [0.3, 0.4) is 0 Å². The van der Waals surface area contributed by atoms with E-state index in [0.717, 1.165) is 80.9 Å². The molecule has 2 aliphatic carbocycles. The Balaban J connectivity index is 0.000000168. The quantitative estimate of drug-likeness (QED) is 0.129. The number of carbonyl (C=O) groups is 2. The van der Waals surface area contributed by atoms with Crippen LogP contribution < -0.4 is 0 Å². The van der Waals surface area contributed by atoms with Crippen LogP contribution in [0, 0.1) is 0 Å². The number of rotatable bonds is 10. The Morgan fingerprint density at radius 1 is 0.476 bits per heavy atom. The highest BCUT2D eigenvalue weighted by atomic mass is 79.9. The van der Waals surface area contributed by atoms with Crippen LogP contribution in [-0.4, -0.2) is 32.8 Å². The smallest absolute Gasteiger partial charge is 0.318 e. The van der Waals surface area contributed by atoms with E-state index in [0.29, 0.717) is 12.8 Å². The van der Waals surface area contributed by atoms with Gasteiger partial charge in [-0.2, -0.15) is 0 Å².